The lowest BCUT2D eigenvalue weighted by Gasteiger charge is -2.34. The van der Waals surface area contributed by atoms with Gasteiger partial charge in [0.15, 0.2) is 5.69 Å². The number of carbonyl (C=O) groups is 2. The number of hydrogen-bond donors (Lipinski definition) is 0. The summed E-state index contributed by atoms with van der Waals surface area (Å²) in [5, 5.41) is 9.57. The maximum Gasteiger partial charge on any atom is 0.415 e. The number of amides is 2. The van der Waals surface area contributed by atoms with Crippen molar-refractivity contribution in [2.45, 2.75) is 31.7 Å². The monoisotopic (exact) mass is 576 g/mol. The number of benzene rings is 2. The van der Waals surface area contributed by atoms with Gasteiger partial charge >= 0.3 is 6.09 Å². The molecule has 2 aliphatic rings. The van der Waals surface area contributed by atoms with E-state index in [4.69, 9.17) is 21.6 Å². The molecule has 11 heteroatoms. The highest BCUT2D eigenvalue weighted by Gasteiger charge is 2.43. The van der Waals surface area contributed by atoms with Crippen LogP contribution >= 0.6 is 11.6 Å². The largest absolute Gasteiger partial charge is 0.415 e. The number of halogens is 2. The Morgan fingerprint density at radius 3 is 2.39 bits per heavy atom. The summed E-state index contributed by atoms with van der Waals surface area (Å²) in [5.74, 6) is 0.315. The van der Waals surface area contributed by atoms with Crippen molar-refractivity contribution < 1.29 is 18.7 Å². The molecule has 9 nitrogen and oxygen atoms in total. The molecule has 3 heterocycles. The summed E-state index contributed by atoms with van der Waals surface area (Å²) in [6, 6.07) is 14.5. The van der Waals surface area contributed by atoms with Crippen molar-refractivity contribution in [1.82, 2.24) is 19.8 Å². The summed E-state index contributed by atoms with van der Waals surface area (Å²) in [5.41, 5.74) is 1.25. The zero-order valence-electron chi connectivity index (χ0n) is 22.6. The Morgan fingerprint density at radius 2 is 1.78 bits per heavy atom. The van der Waals surface area contributed by atoms with Crippen LogP contribution in [-0.2, 0) is 4.79 Å². The summed E-state index contributed by atoms with van der Waals surface area (Å²) < 4.78 is 18.9. The zero-order valence-corrected chi connectivity index (χ0v) is 23.4. The van der Waals surface area contributed by atoms with Gasteiger partial charge in [-0.2, -0.15) is 5.26 Å². The summed E-state index contributed by atoms with van der Waals surface area (Å²) >= 11 is 6.15. The van der Waals surface area contributed by atoms with E-state index >= 15 is 0 Å². The zero-order chi connectivity index (χ0) is 28.9. The van der Waals surface area contributed by atoms with Crippen molar-refractivity contribution in [2.75, 3.05) is 37.6 Å². The van der Waals surface area contributed by atoms with E-state index in [0.29, 0.717) is 56.4 Å². The summed E-state index contributed by atoms with van der Waals surface area (Å²) in [4.78, 5) is 41.1. The second kappa shape index (κ2) is 12.5. The van der Waals surface area contributed by atoms with Crippen molar-refractivity contribution in [1.29, 1.82) is 5.26 Å². The molecule has 0 N–H and O–H groups in total. The first-order chi connectivity index (χ1) is 19.9. The Bertz CT molecular complexity index is 1410. The molecule has 2 saturated heterocycles. The molecule has 0 bridgehead atoms. The van der Waals surface area contributed by atoms with Crippen LogP contribution < -0.4 is 9.64 Å². The minimum atomic E-state index is -0.547. The molecule has 0 saturated carbocycles. The van der Waals surface area contributed by atoms with Crippen molar-refractivity contribution >= 4 is 29.4 Å². The number of likely N-dealkylation sites (tertiary alicyclic amines) is 1. The van der Waals surface area contributed by atoms with Crippen LogP contribution in [0.2, 0.25) is 5.02 Å². The first kappa shape index (κ1) is 28.3. The van der Waals surface area contributed by atoms with Gasteiger partial charge in [-0.1, -0.05) is 23.7 Å². The molecule has 5 rings (SSSR count). The third-order valence-corrected chi connectivity index (χ3v) is 8.07. The molecule has 2 aliphatic heterocycles. The van der Waals surface area contributed by atoms with Crippen LogP contribution in [0.4, 0.5) is 15.0 Å². The molecule has 41 heavy (non-hydrogen) atoms. The van der Waals surface area contributed by atoms with Gasteiger partial charge in [0.25, 0.3) is 0 Å². The quantitative estimate of drug-likeness (QED) is 0.412. The fraction of sp³-hybridized carbons (Fsp3) is 0.367. The first-order valence-electron chi connectivity index (χ1n) is 13.6. The predicted octanol–water partition coefficient (Wildman–Crippen LogP) is 4.87. The maximum absolute atomic E-state index is 13.8. The lowest BCUT2D eigenvalue weighted by Crippen LogP contribution is -2.47. The first-order valence-corrected chi connectivity index (χ1v) is 14.0. The molecule has 2 aromatic carbocycles. The fourth-order valence-electron chi connectivity index (χ4n) is 5.64. The average molecular weight is 577 g/mol. The Kier molecular flexibility index (Phi) is 8.64. The van der Waals surface area contributed by atoms with E-state index in [2.05, 4.69) is 14.9 Å². The molecule has 0 unspecified atom stereocenters. The van der Waals surface area contributed by atoms with Crippen LogP contribution in [0.1, 0.15) is 36.9 Å². The third kappa shape index (κ3) is 6.41. The number of rotatable bonds is 6. The average Bonchev–Trinajstić information content (AvgIpc) is 3.44. The van der Waals surface area contributed by atoms with Gasteiger partial charge in [0.05, 0.1) is 18.4 Å². The summed E-state index contributed by atoms with van der Waals surface area (Å²) in [7, 11) is 0. The van der Waals surface area contributed by atoms with Crippen LogP contribution in [0.25, 0.3) is 0 Å². The third-order valence-electron chi connectivity index (χ3n) is 7.81. The lowest BCUT2D eigenvalue weighted by atomic mass is 9.93. The topological polar surface area (TPSA) is 103 Å². The molecule has 2 atom stereocenters. The lowest BCUT2D eigenvalue weighted by molar-refractivity contribution is -0.135. The van der Waals surface area contributed by atoms with Crippen molar-refractivity contribution in [2.24, 2.45) is 5.92 Å². The van der Waals surface area contributed by atoms with Gasteiger partial charge in [-0.3, -0.25) is 4.79 Å². The summed E-state index contributed by atoms with van der Waals surface area (Å²) in [6.45, 7) is 4.39. The van der Waals surface area contributed by atoms with E-state index in [1.165, 1.54) is 30.5 Å². The van der Waals surface area contributed by atoms with Gasteiger partial charge in [-0.15, -0.1) is 0 Å². The van der Waals surface area contributed by atoms with Crippen LogP contribution in [0, 0.1) is 23.1 Å². The number of likely N-dealkylation sites (N-methyl/N-ethyl adjacent to an activating group) is 1. The molecule has 2 fully saturated rings. The Labute approximate surface area is 243 Å². The molecule has 0 aliphatic carbocycles. The second-order valence-electron chi connectivity index (χ2n) is 10.2. The standard InChI is InChI=1S/C30H30ClFN6O3/c1-2-38(30(40)41-25-9-7-23(32)8-10-25)27-19-37(18-26(27)20-3-5-22(31)6-4-20)29(39)21-11-13-36(14-12-21)28-17-34-24(15-33)16-35-28/h3-10,16-17,21,26-27H,2,11-14,18-19H2,1H3/t26-,27+/m0/s1. The van der Waals surface area contributed by atoms with E-state index < -0.39 is 11.9 Å². The van der Waals surface area contributed by atoms with E-state index in [9.17, 15) is 14.0 Å². The number of ether oxygens (including phenoxy) is 1. The van der Waals surface area contributed by atoms with E-state index in [1.807, 2.05) is 42.2 Å². The number of carbonyl (C=O) groups excluding carboxylic acids is 2. The van der Waals surface area contributed by atoms with Crippen molar-refractivity contribution in [3.8, 4) is 11.8 Å². The highest BCUT2D eigenvalue weighted by Crippen LogP contribution is 2.34. The van der Waals surface area contributed by atoms with Crippen LogP contribution in [0.3, 0.4) is 0 Å². The van der Waals surface area contributed by atoms with Gasteiger partial charge < -0.3 is 19.4 Å². The number of nitrogens with zero attached hydrogens (tertiary/aromatic N) is 6. The van der Waals surface area contributed by atoms with Gasteiger partial charge in [0.1, 0.15) is 23.5 Å². The van der Waals surface area contributed by atoms with E-state index in [1.54, 1.807) is 11.1 Å². The molecule has 1 aromatic heterocycles. The normalized spacial score (nSPS) is 19.1. The van der Waals surface area contributed by atoms with Gasteiger partial charge in [0, 0.05) is 49.6 Å². The minimum Gasteiger partial charge on any atom is -0.410 e. The Morgan fingerprint density at radius 1 is 1.07 bits per heavy atom. The minimum absolute atomic E-state index is 0.0694. The van der Waals surface area contributed by atoms with Crippen molar-refractivity contribution in [3.63, 3.8) is 0 Å². The molecule has 212 valence electrons. The smallest absolute Gasteiger partial charge is 0.410 e. The Hall–Kier alpha value is -4.23. The predicted molar refractivity (Wildman–Crippen MR) is 151 cm³/mol. The highest BCUT2D eigenvalue weighted by atomic mass is 35.5. The van der Waals surface area contributed by atoms with Crippen LogP contribution in [-0.4, -0.2) is 70.5 Å². The van der Waals surface area contributed by atoms with Gasteiger partial charge in [-0.05, 0) is 61.7 Å². The number of nitriles is 1. The maximum atomic E-state index is 13.8. The van der Waals surface area contributed by atoms with Gasteiger partial charge in [0.2, 0.25) is 5.91 Å². The van der Waals surface area contributed by atoms with Gasteiger partial charge in [-0.25, -0.2) is 19.2 Å². The highest BCUT2D eigenvalue weighted by molar-refractivity contribution is 6.30. The molecule has 2 amide bonds. The van der Waals surface area contributed by atoms with E-state index in [-0.39, 0.29) is 35.2 Å². The molecule has 0 spiro atoms. The summed E-state index contributed by atoms with van der Waals surface area (Å²) in [6.07, 6.45) is 3.82. The van der Waals surface area contributed by atoms with Crippen LogP contribution in [0.15, 0.2) is 60.9 Å². The fourth-order valence-corrected chi connectivity index (χ4v) is 5.76. The number of anilines is 1. The SMILES string of the molecule is CCN(C(=O)Oc1ccc(F)cc1)[C@@H]1CN(C(=O)C2CCN(c3cnc(C#N)cn3)CC2)C[C@H]1c1ccc(Cl)cc1. The Balaban J connectivity index is 1.30. The number of aromatic nitrogens is 2. The molecular weight excluding hydrogens is 547 g/mol. The van der Waals surface area contributed by atoms with Crippen molar-refractivity contribution in [3.05, 3.63) is 83.0 Å². The molecule has 3 aromatic rings. The van der Waals surface area contributed by atoms with Crippen LogP contribution in [0.5, 0.6) is 5.75 Å². The second-order valence-corrected chi connectivity index (χ2v) is 10.6. The molecule has 0 radical (unpaired) electrons. The molecular formula is C30H30ClFN6O3. The number of piperidine rings is 1. The number of hydrogen-bond acceptors (Lipinski definition) is 7. The van der Waals surface area contributed by atoms with E-state index in [0.717, 1.165) is 5.56 Å².